The maximum Gasteiger partial charge on any atom is 0.149 e. The molecule has 9 aromatic rings. The van der Waals surface area contributed by atoms with Crippen molar-refractivity contribution < 1.29 is 16.1 Å². The van der Waals surface area contributed by atoms with Gasteiger partial charge in [0.15, 0.2) is 0 Å². The molecule has 0 saturated heterocycles. The van der Waals surface area contributed by atoms with E-state index in [-0.39, 0.29) is 39.4 Å². The van der Waals surface area contributed by atoms with Crippen LogP contribution in [0.3, 0.4) is 0 Å². The Hall–Kier alpha value is -7.04. The topological polar surface area (TPSA) is 50.9 Å². The Morgan fingerprint density at radius 1 is 0.500 bits per heavy atom. The van der Waals surface area contributed by atoms with Crippen LogP contribution >= 0.6 is 0 Å². The molecule has 4 nitrogen and oxygen atoms in total. The van der Waals surface area contributed by atoms with Gasteiger partial charge >= 0.3 is 0 Å². The van der Waals surface area contributed by atoms with Gasteiger partial charge < -0.3 is 5.11 Å². The van der Waals surface area contributed by atoms with Gasteiger partial charge in [-0.2, -0.15) is 0 Å². The van der Waals surface area contributed by atoms with Crippen LogP contribution in [0.25, 0.3) is 83.9 Å². The first-order valence-electron chi connectivity index (χ1n) is 25.7. The van der Waals surface area contributed by atoms with Gasteiger partial charge in [0.2, 0.25) is 0 Å². The van der Waals surface area contributed by atoms with E-state index in [0.717, 1.165) is 55.7 Å². The summed E-state index contributed by atoms with van der Waals surface area (Å²) in [5, 5.41) is 12.6. The second-order valence-electron chi connectivity index (χ2n) is 19.6. The lowest BCUT2D eigenvalue weighted by Crippen LogP contribution is -2.17. The van der Waals surface area contributed by atoms with Crippen molar-refractivity contribution in [1.82, 2.24) is 14.5 Å². The lowest BCUT2D eigenvalue weighted by molar-refractivity contribution is 0.446. The lowest BCUT2D eigenvalue weighted by atomic mass is 9.79. The van der Waals surface area contributed by atoms with Gasteiger partial charge in [-0.25, -0.2) is 4.98 Å². The zero-order chi connectivity index (χ0) is 51.9. The van der Waals surface area contributed by atoms with Crippen LogP contribution in [-0.2, 0) is 16.2 Å². The van der Waals surface area contributed by atoms with E-state index < -0.39 is 47.8 Å². The zero-order valence-corrected chi connectivity index (χ0v) is 37.9. The first kappa shape index (κ1) is 33.5. The number of pyridine rings is 1. The van der Waals surface area contributed by atoms with Gasteiger partial charge in [-0.3, -0.25) is 9.55 Å². The Morgan fingerprint density at radius 2 is 1.14 bits per heavy atom. The number of aromatic hydroxyl groups is 1. The number of imidazole rings is 1. The van der Waals surface area contributed by atoms with Crippen LogP contribution in [0.1, 0.15) is 90.0 Å². The average Bonchev–Trinajstić information content (AvgIpc) is 3.73. The molecule has 0 amide bonds. The molecule has 0 fully saturated rings. The molecule has 7 aromatic carbocycles. The quantitative estimate of drug-likeness (QED) is 0.174. The van der Waals surface area contributed by atoms with Crippen LogP contribution in [0.5, 0.6) is 5.75 Å². The van der Waals surface area contributed by atoms with Crippen molar-refractivity contribution in [1.29, 1.82) is 0 Å². The predicted molar refractivity (Wildman–Crippen MR) is 269 cm³/mol. The fourth-order valence-electron chi connectivity index (χ4n) is 8.28. The van der Waals surface area contributed by atoms with Crippen LogP contribution < -0.4 is 0 Å². The number of nitrogens with zero attached hydrogens (tertiary/aromatic N) is 3. The first-order valence-corrected chi connectivity index (χ1v) is 21.7. The molecule has 64 heavy (non-hydrogen) atoms. The van der Waals surface area contributed by atoms with Gasteiger partial charge in [0.05, 0.1) is 38.9 Å². The second-order valence-corrected chi connectivity index (χ2v) is 19.6. The standard InChI is InChI=1S/C60H57N3O/c1-58(2,3)46-28-29-53(49(36-46)41-24-17-12-18-25-41)63-54-27-19-26-48(55(54)62-57(63)50-37-47(59(4,5)6)38-51(56(50)64)60(7,8)9)44-32-43(40-22-15-11-16-23-40)33-45(34-44)52-35-42(30-31-61-52)39-20-13-10-14-21-39/h10-38,64H,1-9H3/i10D,13D,14D,20D,21D,30D,31D,35D. The van der Waals surface area contributed by atoms with Gasteiger partial charge in [0, 0.05) is 28.4 Å². The lowest BCUT2D eigenvalue weighted by Gasteiger charge is -2.28. The minimum atomic E-state index is -0.607. The van der Waals surface area contributed by atoms with Crippen molar-refractivity contribution in [2.75, 3.05) is 0 Å². The first-order chi connectivity index (χ1) is 33.9. The molecule has 0 aliphatic rings. The van der Waals surface area contributed by atoms with E-state index in [1.54, 1.807) is 0 Å². The normalized spacial score (nSPS) is 14.0. The zero-order valence-electron chi connectivity index (χ0n) is 45.9. The highest BCUT2D eigenvalue weighted by Gasteiger charge is 2.30. The highest BCUT2D eigenvalue weighted by molar-refractivity contribution is 5.98. The summed E-state index contributed by atoms with van der Waals surface area (Å²) in [6.45, 7) is 19.4. The third kappa shape index (κ3) is 8.17. The Bertz CT molecular complexity index is 3590. The van der Waals surface area contributed by atoms with Gasteiger partial charge in [-0.1, -0.05) is 177 Å². The number of hydrogen-bond acceptors (Lipinski definition) is 3. The minimum Gasteiger partial charge on any atom is -0.507 e. The summed E-state index contributed by atoms with van der Waals surface area (Å²) in [7, 11) is 0. The Balaban J connectivity index is 1.40. The molecular formula is C60H57N3O. The Kier molecular flexibility index (Phi) is 8.51. The van der Waals surface area contributed by atoms with Crippen LogP contribution in [0.15, 0.2) is 176 Å². The molecule has 318 valence electrons. The summed E-state index contributed by atoms with van der Waals surface area (Å²) in [4.78, 5) is 10.1. The molecule has 0 radical (unpaired) electrons. The smallest absolute Gasteiger partial charge is 0.149 e. The van der Waals surface area contributed by atoms with E-state index in [9.17, 15) is 6.48 Å². The third-order valence-electron chi connectivity index (χ3n) is 11.9. The molecule has 0 aliphatic carbocycles. The number of para-hydroxylation sites is 1. The van der Waals surface area contributed by atoms with E-state index in [2.05, 4.69) is 114 Å². The van der Waals surface area contributed by atoms with Gasteiger partial charge in [-0.15, -0.1) is 0 Å². The summed E-state index contributed by atoms with van der Waals surface area (Å²) >= 11 is 0. The van der Waals surface area contributed by atoms with Crippen molar-refractivity contribution in [2.45, 2.75) is 78.6 Å². The molecular weight excluding hydrogens is 779 g/mol. The van der Waals surface area contributed by atoms with Gasteiger partial charge in [0.1, 0.15) is 11.6 Å². The fourth-order valence-corrected chi connectivity index (χ4v) is 8.28. The molecule has 4 heteroatoms. The number of rotatable bonds is 7. The summed E-state index contributed by atoms with van der Waals surface area (Å²) < 4.78 is 72.1. The van der Waals surface area contributed by atoms with Crippen LogP contribution in [-0.4, -0.2) is 19.6 Å². The summed E-state index contributed by atoms with van der Waals surface area (Å²) in [6.07, 6.45) is -0.515. The largest absolute Gasteiger partial charge is 0.507 e. The summed E-state index contributed by atoms with van der Waals surface area (Å²) in [5.41, 5.74) is 9.75. The van der Waals surface area contributed by atoms with Crippen molar-refractivity contribution in [3.05, 3.63) is 193 Å². The van der Waals surface area contributed by atoms with Crippen LogP contribution in [0.4, 0.5) is 0 Å². The van der Waals surface area contributed by atoms with Crippen molar-refractivity contribution >= 4 is 11.0 Å². The predicted octanol–water partition coefficient (Wildman–Crippen LogP) is 16.0. The summed E-state index contributed by atoms with van der Waals surface area (Å²) in [6, 6.07) is 38.6. The highest BCUT2D eigenvalue weighted by atomic mass is 16.3. The molecule has 2 aromatic heterocycles. The van der Waals surface area contributed by atoms with E-state index in [1.165, 1.54) is 0 Å². The molecule has 0 saturated carbocycles. The summed E-state index contributed by atoms with van der Waals surface area (Å²) in [5.74, 6) is 0.678. The fraction of sp³-hybridized carbons (Fsp3) is 0.200. The number of fused-ring (bicyclic) bond motifs is 1. The van der Waals surface area contributed by atoms with Crippen molar-refractivity contribution in [3.63, 3.8) is 0 Å². The number of phenolic OH excluding ortho intramolecular Hbond substituents is 1. The Morgan fingerprint density at radius 3 is 1.81 bits per heavy atom. The molecule has 0 atom stereocenters. The van der Waals surface area contributed by atoms with E-state index >= 15 is 0 Å². The average molecular weight is 844 g/mol. The van der Waals surface area contributed by atoms with Gasteiger partial charge in [0.25, 0.3) is 0 Å². The second kappa shape index (κ2) is 16.3. The van der Waals surface area contributed by atoms with Crippen LogP contribution in [0.2, 0.25) is 0 Å². The molecule has 0 unspecified atom stereocenters. The van der Waals surface area contributed by atoms with Gasteiger partial charge in [-0.05, 0) is 115 Å². The van der Waals surface area contributed by atoms with Crippen molar-refractivity contribution in [2.24, 2.45) is 0 Å². The molecule has 0 aliphatic heterocycles. The molecule has 0 spiro atoms. The number of hydrogen-bond donors (Lipinski definition) is 1. The third-order valence-corrected chi connectivity index (χ3v) is 11.9. The Labute approximate surface area is 390 Å². The molecule has 9 rings (SSSR count). The number of aromatic nitrogens is 3. The van der Waals surface area contributed by atoms with E-state index in [1.807, 2.05) is 84.9 Å². The van der Waals surface area contributed by atoms with Crippen LogP contribution in [0, 0.1) is 0 Å². The molecule has 0 bridgehead atoms. The van der Waals surface area contributed by atoms with E-state index in [4.69, 9.17) is 14.6 Å². The van der Waals surface area contributed by atoms with E-state index in [0.29, 0.717) is 28.0 Å². The molecule has 1 N–H and O–H groups in total. The van der Waals surface area contributed by atoms with Crippen molar-refractivity contribution in [3.8, 4) is 78.6 Å². The molecule has 2 heterocycles. The maximum absolute atomic E-state index is 12.6. The number of benzene rings is 7. The maximum atomic E-state index is 12.6. The number of phenols is 1. The highest BCUT2D eigenvalue weighted by Crippen LogP contribution is 2.46. The SMILES string of the molecule is [2H]c1nc(-c2cc(-c3ccccc3)cc(-c3cccc4c3nc(-c3cc(C(C)(C)C)cc(C(C)(C)C)c3O)n4-c3ccc(C(C)(C)C)cc3-c3ccccc3)c2)c([2H])c(-c2c([2H])c([2H])c([2H])c([2H])c2[2H])c1[2H]. The minimum absolute atomic E-state index is 0.000281. The monoisotopic (exact) mass is 844 g/mol.